The number of nitrogens with one attached hydrogen (secondary N) is 1. The lowest BCUT2D eigenvalue weighted by atomic mass is 10.1. The number of nitrogens with zero attached hydrogens (tertiary/aromatic N) is 2. The van der Waals surface area contributed by atoms with E-state index in [0.29, 0.717) is 12.8 Å². The fraction of sp³-hybridized carbons (Fsp3) is 0.423. The average Bonchev–Trinajstić information content (AvgIpc) is 3.12. The highest BCUT2D eigenvalue weighted by molar-refractivity contribution is 5.81. The molecule has 7 nitrogen and oxygen atoms in total. The zero-order valence-electron chi connectivity index (χ0n) is 19.8. The number of fused-ring (bicyclic) bond motifs is 1. The number of carbonyl (C=O) groups is 2. The Hall–Kier alpha value is -3.35. The molecule has 0 aliphatic carbocycles. The minimum Gasteiger partial charge on any atom is -0.459 e. The third-order valence-corrected chi connectivity index (χ3v) is 5.04. The second-order valence-electron chi connectivity index (χ2n) is 9.00. The molecule has 1 N–H and O–H groups in total. The van der Waals surface area contributed by atoms with Crippen LogP contribution in [-0.4, -0.2) is 33.3 Å². The molecular formula is C26H33N3O4. The summed E-state index contributed by atoms with van der Waals surface area (Å²) in [7, 11) is 0. The Morgan fingerprint density at radius 2 is 1.76 bits per heavy atom. The lowest BCUT2D eigenvalue weighted by Gasteiger charge is -2.23. The lowest BCUT2D eigenvalue weighted by Crippen LogP contribution is -2.44. The molecular weight excluding hydrogens is 418 g/mol. The molecule has 176 valence electrons. The number of amides is 1. The van der Waals surface area contributed by atoms with Gasteiger partial charge in [0, 0.05) is 13.0 Å². The first-order valence-electron chi connectivity index (χ1n) is 11.4. The number of benzene rings is 2. The monoisotopic (exact) mass is 451 g/mol. The van der Waals surface area contributed by atoms with Crippen LogP contribution in [0.4, 0.5) is 4.79 Å². The van der Waals surface area contributed by atoms with Gasteiger partial charge in [-0.15, -0.1) is 0 Å². The van der Waals surface area contributed by atoms with E-state index >= 15 is 0 Å². The molecule has 0 fully saturated rings. The number of alkyl carbamates (subject to hydrolysis) is 1. The van der Waals surface area contributed by atoms with Crippen molar-refractivity contribution in [2.24, 2.45) is 0 Å². The highest BCUT2D eigenvalue weighted by Gasteiger charge is 2.26. The number of imidazole rings is 1. The smallest absolute Gasteiger partial charge is 0.408 e. The number of carbonyl (C=O) groups excluding carboxylic acids is 2. The van der Waals surface area contributed by atoms with E-state index in [1.807, 2.05) is 54.6 Å². The minimum absolute atomic E-state index is 0.139. The molecule has 1 unspecified atom stereocenters. The zero-order chi connectivity index (χ0) is 23.8. The molecule has 0 radical (unpaired) electrons. The van der Waals surface area contributed by atoms with E-state index in [4.69, 9.17) is 14.5 Å². The van der Waals surface area contributed by atoms with Crippen LogP contribution in [0.15, 0.2) is 54.6 Å². The van der Waals surface area contributed by atoms with Crippen LogP contribution < -0.4 is 5.32 Å². The van der Waals surface area contributed by atoms with Crippen molar-refractivity contribution in [2.75, 3.05) is 0 Å². The molecule has 3 rings (SSSR count). The Morgan fingerprint density at radius 3 is 2.45 bits per heavy atom. The van der Waals surface area contributed by atoms with E-state index in [1.165, 1.54) is 0 Å². The van der Waals surface area contributed by atoms with Crippen LogP contribution in [0.1, 0.15) is 51.9 Å². The van der Waals surface area contributed by atoms with Gasteiger partial charge < -0.3 is 19.4 Å². The van der Waals surface area contributed by atoms with Crippen LogP contribution in [0.2, 0.25) is 0 Å². The van der Waals surface area contributed by atoms with Gasteiger partial charge in [0.25, 0.3) is 0 Å². The summed E-state index contributed by atoms with van der Waals surface area (Å²) < 4.78 is 13.1. The Labute approximate surface area is 195 Å². The van der Waals surface area contributed by atoms with Crippen LogP contribution in [0, 0.1) is 0 Å². The summed E-state index contributed by atoms with van der Waals surface area (Å²) in [6.07, 6.45) is 1.17. The topological polar surface area (TPSA) is 82.5 Å². The molecule has 1 amide bonds. The standard InChI is InChI=1S/C26H33N3O4/c1-5-17-29-22-14-10-9-13-20(22)27-23(29)16-15-21(28-25(31)33-26(2,3)4)24(30)32-18-19-11-7-6-8-12-19/h6-14,21H,5,15-18H2,1-4H3,(H,28,31). The molecule has 7 heteroatoms. The summed E-state index contributed by atoms with van der Waals surface area (Å²) in [5.41, 5.74) is 2.20. The van der Waals surface area contributed by atoms with Crippen molar-refractivity contribution < 1.29 is 19.1 Å². The second kappa shape index (κ2) is 11.0. The van der Waals surface area contributed by atoms with E-state index in [-0.39, 0.29) is 6.61 Å². The quantitative estimate of drug-likeness (QED) is 0.462. The predicted octanol–water partition coefficient (Wildman–Crippen LogP) is 5.02. The van der Waals surface area contributed by atoms with Crippen molar-refractivity contribution in [3.8, 4) is 0 Å². The van der Waals surface area contributed by atoms with Crippen molar-refractivity contribution >= 4 is 23.1 Å². The maximum atomic E-state index is 12.9. The van der Waals surface area contributed by atoms with Crippen molar-refractivity contribution in [3.05, 3.63) is 66.0 Å². The normalized spacial score (nSPS) is 12.4. The summed E-state index contributed by atoms with van der Waals surface area (Å²) in [6.45, 7) is 8.43. The van der Waals surface area contributed by atoms with Crippen molar-refractivity contribution in [3.63, 3.8) is 0 Å². The van der Waals surface area contributed by atoms with Gasteiger partial charge in [0.1, 0.15) is 24.1 Å². The van der Waals surface area contributed by atoms with E-state index in [2.05, 4.69) is 16.8 Å². The SMILES string of the molecule is CCCn1c(CCC(NC(=O)OC(C)(C)C)C(=O)OCc2ccccc2)nc2ccccc21. The zero-order valence-corrected chi connectivity index (χ0v) is 19.8. The van der Waals surface area contributed by atoms with Gasteiger partial charge in [-0.2, -0.15) is 0 Å². The summed E-state index contributed by atoms with van der Waals surface area (Å²) in [4.78, 5) is 30.1. The van der Waals surface area contributed by atoms with Gasteiger partial charge in [-0.25, -0.2) is 14.6 Å². The first-order valence-corrected chi connectivity index (χ1v) is 11.4. The molecule has 1 heterocycles. The maximum absolute atomic E-state index is 12.9. The summed E-state index contributed by atoms with van der Waals surface area (Å²) in [5.74, 6) is 0.382. The van der Waals surface area contributed by atoms with Gasteiger partial charge in [0.2, 0.25) is 0 Å². The molecule has 2 aromatic carbocycles. The Kier molecular flexibility index (Phi) is 8.09. The molecule has 0 saturated heterocycles. The number of aromatic nitrogens is 2. The van der Waals surface area contributed by atoms with Gasteiger partial charge >= 0.3 is 12.1 Å². The Balaban J connectivity index is 1.74. The first kappa shape index (κ1) is 24.3. The Morgan fingerprint density at radius 1 is 1.06 bits per heavy atom. The maximum Gasteiger partial charge on any atom is 0.408 e. The Bertz CT molecular complexity index is 1070. The summed E-state index contributed by atoms with van der Waals surface area (Å²) in [6, 6.07) is 16.6. The van der Waals surface area contributed by atoms with E-state index in [0.717, 1.165) is 35.4 Å². The second-order valence-corrected chi connectivity index (χ2v) is 9.00. The minimum atomic E-state index is -0.849. The van der Waals surface area contributed by atoms with Crippen molar-refractivity contribution in [1.82, 2.24) is 14.9 Å². The number of ether oxygens (including phenoxy) is 2. The van der Waals surface area contributed by atoms with Crippen LogP contribution >= 0.6 is 0 Å². The number of aryl methyl sites for hydroxylation is 2. The van der Waals surface area contributed by atoms with Crippen molar-refractivity contribution in [1.29, 1.82) is 0 Å². The molecule has 0 aliphatic rings. The van der Waals surface area contributed by atoms with Crippen LogP contribution in [0.3, 0.4) is 0 Å². The number of rotatable bonds is 9. The number of hydrogen-bond donors (Lipinski definition) is 1. The summed E-state index contributed by atoms with van der Waals surface area (Å²) >= 11 is 0. The van der Waals surface area contributed by atoms with E-state index in [1.54, 1.807) is 20.8 Å². The molecule has 0 spiro atoms. The van der Waals surface area contributed by atoms with Gasteiger partial charge in [0.15, 0.2) is 0 Å². The molecule has 1 aromatic heterocycles. The third kappa shape index (κ3) is 7.07. The average molecular weight is 452 g/mol. The van der Waals surface area contributed by atoms with Gasteiger partial charge in [-0.1, -0.05) is 49.4 Å². The number of para-hydroxylation sites is 2. The highest BCUT2D eigenvalue weighted by Crippen LogP contribution is 2.19. The largest absolute Gasteiger partial charge is 0.459 e. The van der Waals surface area contributed by atoms with Gasteiger partial charge in [0.05, 0.1) is 11.0 Å². The van der Waals surface area contributed by atoms with Crippen molar-refractivity contribution in [2.45, 2.75) is 71.8 Å². The highest BCUT2D eigenvalue weighted by atomic mass is 16.6. The fourth-order valence-electron chi connectivity index (χ4n) is 3.59. The van der Waals surface area contributed by atoms with Gasteiger partial charge in [-0.05, 0) is 51.3 Å². The summed E-state index contributed by atoms with van der Waals surface area (Å²) in [5, 5.41) is 2.69. The third-order valence-electron chi connectivity index (χ3n) is 5.04. The molecule has 0 aliphatic heterocycles. The molecule has 33 heavy (non-hydrogen) atoms. The number of hydrogen-bond acceptors (Lipinski definition) is 5. The number of esters is 1. The van der Waals surface area contributed by atoms with Crippen LogP contribution in [-0.2, 0) is 33.8 Å². The van der Waals surface area contributed by atoms with Gasteiger partial charge in [-0.3, -0.25) is 0 Å². The van der Waals surface area contributed by atoms with Crippen LogP contribution in [0.25, 0.3) is 11.0 Å². The van der Waals surface area contributed by atoms with Crippen LogP contribution in [0.5, 0.6) is 0 Å². The molecule has 0 bridgehead atoms. The molecule has 1 atom stereocenters. The van der Waals surface area contributed by atoms with E-state index in [9.17, 15) is 9.59 Å². The predicted molar refractivity (Wildman–Crippen MR) is 128 cm³/mol. The first-order chi connectivity index (χ1) is 15.8. The lowest BCUT2D eigenvalue weighted by molar-refractivity contribution is -0.147. The molecule has 0 saturated carbocycles. The fourth-order valence-corrected chi connectivity index (χ4v) is 3.59. The van der Waals surface area contributed by atoms with E-state index < -0.39 is 23.7 Å². The molecule has 3 aromatic rings.